The Bertz CT molecular complexity index is 584. The molecule has 7 heteroatoms. The largest absolute Gasteiger partial charge is 0.435 e. The molecule has 0 radical (unpaired) electrons. The van der Waals surface area contributed by atoms with Gasteiger partial charge in [-0.1, -0.05) is 0 Å². The summed E-state index contributed by atoms with van der Waals surface area (Å²) < 4.78 is 38.0. The minimum atomic E-state index is -4.63. The Morgan fingerprint density at radius 2 is 1.89 bits per heavy atom. The van der Waals surface area contributed by atoms with Gasteiger partial charge in [-0.3, -0.25) is 9.78 Å². The highest BCUT2D eigenvalue weighted by molar-refractivity contribution is 6.04. The predicted octanol–water partition coefficient (Wildman–Crippen LogP) is 2.75. The monoisotopic (exact) mass is 267 g/mol. The van der Waals surface area contributed by atoms with Crippen molar-refractivity contribution in [1.82, 2.24) is 9.97 Å². The summed E-state index contributed by atoms with van der Waals surface area (Å²) in [4.78, 5) is 18.7. The van der Waals surface area contributed by atoms with Crippen LogP contribution in [0.2, 0.25) is 0 Å². The molecule has 2 aromatic heterocycles. The molecule has 0 fully saturated rings. The fourth-order valence-electron chi connectivity index (χ4n) is 1.42. The fourth-order valence-corrected chi connectivity index (χ4v) is 1.42. The van der Waals surface area contributed by atoms with E-state index >= 15 is 0 Å². The molecule has 0 aliphatic rings. The van der Waals surface area contributed by atoms with E-state index in [-0.39, 0.29) is 11.3 Å². The second-order valence-electron chi connectivity index (χ2n) is 3.59. The Labute approximate surface area is 106 Å². The maximum atomic E-state index is 12.7. The molecule has 98 valence electrons. The van der Waals surface area contributed by atoms with Gasteiger partial charge in [-0.2, -0.15) is 13.2 Å². The molecule has 0 saturated heterocycles. The van der Waals surface area contributed by atoms with Crippen molar-refractivity contribution >= 4 is 11.6 Å². The van der Waals surface area contributed by atoms with Crippen molar-refractivity contribution in [2.45, 2.75) is 6.18 Å². The van der Waals surface area contributed by atoms with Crippen LogP contribution in [0.4, 0.5) is 18.9 Å². The Morgan fingerprint density at radius 3 is 2.53 bits per heavy atom. The molecule has 19 heavy (non-hydrogen) atoms. The van der Waals surface area contributed by atoms with Crippen molar-refractivity contribution in [3.05, 3.63) is 54.1 Å². The third-order valence-corrected chi connectivity index (χ3v) is 2.25. The number of anilines is 1. The van der Waals surface area contributed by atoms with Gasteiger partial charge in [0.2, 0.25) is 0 Å². The van der Waals surface area contributed by atoms with Crippen LogP contribution in [0.25, 0.3) is 0 Å². The van der Waals surface area contributed by atoms with Crippen LogP contribution < -0.4 is 5.32 Å². The first-order valence-electron chi connectivity index (χ1n) is 5.22. The Morgan fingerprint density at radius 1 is 1.16 bits per heavy atom. The molecule has 2 heterocycles. The number of halogens is 3. The first-order chi connectivity index (χ1) is 8.98. The van der Waals surface area contributed by atoms with Crippen LogP contribution in [0.3, 0.4) is 0 Å². The van der Waals surface area contributed by atoms with E-state index in [1.165, 1.54) is 30.6 Å². The zero-order valence-corrected chi connectivity index (χ0v) is 9.48. The molecule has 0 aliphatic heterocycles. The van der Waals surface area contributed by atoms with Crippen LogP contribution in [0.5, 0.6) is 0 Å². The molecule has 0 saturated carbocycles. The normalized spacial score (nSPS) is 11.1. The smallest absolute Gasteiger partial charge is 0.320 e. The number of carbonyl (C=O) groups excluding carboxylic acids is 1. The molecule has 4 nitrogen and oxygen atoms in total. The van der Waals surface area contributed by atoms with E-state index in [1.54, 1.807) is 0 Å². The van der Waals surface area contributed by atoms with Crippen molar-refractivity contribution in [3.8, 4) is 0 Å². The van der Waals surface area contributed by atoms with Crippen LogP contribution >= 0.6 is 0 Å². The van der Waals surface area contributed by atoms with Gasteiger partial charge in [-0.15, -0.1) is 0 Å². The van der Waals surface area contributed by atoms with Crippen LogP contribution in [-0.2, 0) is 6.18 Å². The number of amides is 1. The number of pyridine rings is 2. The van der Waals surface area contributed by atoms with E-state index in [4.69, 9.17) is 0 Å². The predicted molar refractivity (Wildman–Crippen MR) is 61.4 cm³/mol. The number of hydrogen-bond acceptors (Lipinski definition) is 3. The summed E-state index contributed by atoms with van der Waals surface area (Å²) in [5.74, 6) is -0.674. The number of hydrogen-bond donors (Lipinski definition) is 1. The quantitative estimate of drug-likeness (QED) is 0.910. The van der Waals surface area contributed by atoms with Crippen molar-refractivity contribution < 1.29 is 18.0 Å². The van der Waals surface area contributed by atoms with Gasteiger partial charge in [0.25, 0.3) is 5.91 Å². The SMILES string of the molecule is O=C(Nc1cccnc1C(F)(F)F)c1cccnc1. The third kappa shape index (κ3) is 3.06. The Balaban J connectivity index is 2.28. The van der Waals surface area contributed by atoms with Gasteiger partial charge < -0.3 is 5.32 Å². The van der Waals surface area contributed by atoms with Gasteiger partial charge >= 0.3 is 6.18 Å². The molecule has 0 aromatic carbocycles. The lowest BCUT2D eigenvalue weighted by Gasteiger charge is -2.12. The van der Waals surface area contributed by atoms with Crippen LogP contribution in [-0.4, -0.2) is 15.9 Å². The molecule has 2 rings (SSSR count). The number of alkyl halides is 3. The first kappa shape index (κ1) is 13.0. The van der Waals surface area contributed by atoms with Gasteiger partial charge in [0.05, 0.1) is 11.3 Å². The molecule has 0 atom stereocenters. The molecule has 2 aromatic rings. The number of rotatable bonds is 2. The molecule has 1 N–H and O–H groups in total. The van der Waals surface area contributed by atoms with Crippen LogP contribution in [0, 0.1) is 0 Å². The van der Waals surface area contributed by atoms with Crippen molar-refractivity contribution in [1.29, 1.82) is 0 Å². The van der Waals surface area contributed by atoms with Gasteiger partial charge in [0.15, 0.2) is 5.69 Å². The second kappa shape index (κ2) is 5.05. The van der Waals surface area contributed by atoms with Gasteiger partial charge in [0.1, 0.15) is 0 Å². The summed E-state index contributed by atoms with van der Waals surface area (Å²) in [5, 5.41) is 2.17. The topological polar surface area (TPSA) is 54.9 Å². The van der Waals surface area contributed by atoms with Gasteiger partial charge in [-0.25, -0.2) is 4.98 Å². The molecule has 0 unspecified atom stereocenters. The maximum absolute atomic E-state index is 12.7. The lowest BCUT2D eigenvalue weighted by molar-refractivity contribution is -0.140. The highest BCUT2D eigenvalue weighted by Crippen LogP contribution is 2.32. The van der Waals surface area contributed by atoms with E-state index in [2.05, 4.69) is 15.3 Å². The average molecular weight is 267 g/mol. The standard InChI is InChI=1S/C12H8F3N3O/c13-12(14,15)10-9(4-2-6-17-10)18-11(19)8-3-1-5-16-7-8/h1-7H,(H,18,19). The summed E-state index contributed by atoms with van der Waals surface area (Å²) in [7, 11) is 0. The number of nitrogens with zero attached hydrogens (tertiary/aromatic N) is 2. The summed E-state index contributed by atoms with van der Waals surface area (Å²) >= 11 is 0. The summed E-state index contributed by atoms with van der Waals surface area (Å²) in [6, 6.07) is 5.42. The highest BCUT2D eigenvalue weighted by atomic mass is 19.4. The van der Waals surface area contributed by atoms with E-state index in [9.17, 15) is 18.0 Å². The summed E-state index contributed by atoms with van der Waals surface area (Å²) in [6.45, 7) is 0. The zero-order valence-electron chi connectivity index (χ0n) is 9.48. The van der Waals surface area contributed by atoms with Crippen molar-refractivity contribution in [2.75, 3.05) is 5.32 Å². The Hall–Kier alpha value is -2.44. The van der Waals surface area contributed by atoms with E-state index in [0.717, 1.165) is 12.3 Å². The highest BCUT2D eigenvalue weighted by Gasteiger charge is 2.35. The lowest BCUT2D eigenvalue weighted by atomic mass is 10.2. The minimum absolute atomic E-state index is 0.166. The minimum Gasteiger partial charge on any atom is -0.320 e. The zero-order chi connectivity index (χ0) is 13.9. The number of carbonyl (C=O) groups is 1. The van der Waals surface area contributed by atoms with E-state index < -0.39 is 17.8 Å². The van der Waals surface area contributed by atoms with Gasteiger partial charge in [0, 0.05) is 18.6 Å². The number of nitrogens with one attached hydrogen (secondary N) is 1. The van der Waals surface area contributed by atoms with Crippen molar-refractivity contribution in [2.24, 2.45) is 0 Å². The molecule has 0 spiro atoms. The lowest BCUT2D eigenvalue weighted by Crippen LogP contribution is -2.17. The summed E-state index contributed by atoms with van der Waals surface area (Å²) in [5.41, 5.74) is -1.35. The van der Waals surface area contributed by atoms with Crippen molar-refractivity contribution in [3.63, 3.8) is 0 Å². The Kier molecular flexibility index (Phi) is 3.46. The molecule has 1 amide bonds. The second-order valence-corrected chi connectivity index (χ2v) is 3.59. The summed E-state index contributed by atoms with van der Waals surface area (Å²) in [6.07, 6.45) is -0.887. The number of aromatic nitrogens is 2. The third-order valence-electron chi connectivity index (χ3n) is 2.25. The van der Waals surface area contributed by atoms with E-state index in [1.807, 2.05) is 0 Å². The van der Waals surface area contributed by atoms with E-state index in [0.29, 0.717) is 0 Å². The molecular formula is C12H8F3N3O. The fraction of sp³-hybridized carbons (Fsp3) is 0.0833. The van der Waals surface area contributed by atoms with Gasteiger partial charge in [-0.05, 0) is 24.3 Å². The average Bonchev–Trinajstić information content (AvgIpc) is 2.39. The molecule has 0 aliphatic carbocycles. The van der Waals surface area contributed by atoms with Crippen LogP contribution in [0.1, 0.15) is 16.1 Å². The maximum Gasteiger partial charge on any atom is 0.435 e. The first-order valence-corrected chi connectivity index (χ1v) is 5.22. The molecule has 0 bridgehead atoms. The van der Waals surface area contributed by atoms with Crippen LogP contribution in [0.15, 0.2) is 42.9 Å². The molecular weight excluding hydrogens is 259 g/mol.